The molecule has 1 aromatic rings. The van der Waals surface area contributed by atoms with Crippen LogP contribution in [0.3, 0.4) is 0 Å². The standard InChI is InChI=1S/C14H21FN2O/c1-3-18-13-5-4-9(8-12(13)15)14(17-2)10-6-11(16)7-10/h4-5,8,10-11,14,17H,3,6-7,16H2,1-2H3. The normalized spacial score (nSPS) is 24.4. The van der Waals surface area contributed by atoms with E-state index in [4.69, 9.17) is 10.5 Å². The molecule has 2 rings (SSSR count). The maximum Gasteiger partial charge on any atom is 0.165 e. The van der Waals surface area contributed by atoms with Gasteiger partial charge in [-0.15, -0.1) is 0 Å². The second-order valence-corrected chi connectivity index (χ2v) is 4.88. The van der Waals surface area contributed by atoms with Gasteiger partial charge in [0.15, 0.2) is 11.6 Å². The monoisotopic (exact) mass is 252 g/mol. The summed E-state index contributed by atoms with van der Waals surface area (Å²) in [4.78, 5) is 0. The van der Waals surface area contributed by atoms with E-state index in [-0.39, 0.29) is 11.9 Å². The lowest BCUT2D eigenvalue weighted by molar-refractivity contribution is 0.203. The highest BCUT2D eigenvalue weighted by atomic mass is 19.1. The Hall–Kier alpha value is -1.13. The van der Waals surface area contributed by atoms with E-state index in [0.717, 1.165) is 18.4 Å². The molecule has 100 valence electrons. The predicted molar refractivity (Wildman–Crippen MR) is 70.1 cm³/mol. The van der Waals surface area contributed by atoms with Crippen molar-refractivity contribution in [2.45, 2.75) is 31.8 Å². The van der Waals surface area contributed by atoms with E-state index in [1.165, 1.54) is 0 Å². The third-order valence-electron chi connectivity index (χ3n) is 3.61. The number of ether oxygens (including phenoxy) is 1. The number of hydrogen-bond acceptors (Lipinski definition) is 3. The van der Waals surface area contributed by atoms with Gasteiger partial charge in [-0.25, -0.2) is 4.39 Å². The molecule has 0 spiro atoms. The molecule has 3 N–H and O–H groups in total. The number of nitrogens with two attached hydrogens (primary N) is 1. The average molecular weight is 252 g/mol. The average Bonchev–Trinajstić information content (AvgIpc) is 2.31. The molecule has 1 aliphatic rings. The Kier molecular flexibility index (Phi) is 4.19. The van der Waals surface area contributed by atoms with Crippen LogP contribution in [-0.2, 0) is 0 Å². The molecule has 0 amide bonds. The van der Waals surface area contributed by atoms with E-state index in [9.17, 15) is 4.39 Å². The second kappa shape index (κ2) is 5.67. The van der Waals surface area contributed by atoms with Crippen LogP contribution in [0, 0.1) is 11.7 Å². The highest BCUT2D eigenvalue weighted by molar-refractivity contribution is 5.31. The van der Waals surface area contributed by atoms with Crippen LogP contribution in [0.15, 0.2) is 18.2 Å². The van der Waals surface area contributed by atoms with E-state index in [0.29, 0.717) is 24.3 Å². The molecule has 18 heavy (non-hydrogen) atoms. The van der Waals surface area contributed by atoms with Gasteiger partial charge in [0.05, 0.1) is 6.61 Å². The van der Waals surface area contributed by atoms with Crippen molar-refractivity contribution >= 4 is 0 Å². The van der Waals surface area contributed by atoms with Gasteiger partial charge in [0.2, 0.25) is 0 Å². The molecule has 1 atom stereocenters. The second-order valence-electron chi connectivity index (χ2n) is 4.88. The molecule has 1 aliphatic carbocycles. The summed E-state index contributed by atoms with van der Waals surface area (Å²) in [6, 6.07) is 5.68. The molecule has 3 nitrogen and oxygen atoms in total. The molecule has 0 radical (unpaired) electrons. The third kappa shape index (κ3) is 2.65. The lowest BCUT2D eigenvalue weighted by Crippen LogP contribution is -2.42. The van der Waals surface area contributed by atoms with Crippen LogP contribution in [0.5, 0.6) is 5.75 Å². The fourth-order valence-corrected chi connectivity index (χ4v) is 2.64. The number of halogens is 1. The zero-order valence-corrected chi connectivity index (χ0v) is 10.9. The van der Waals surface area contributed by atoms with Crippen LogP contribution >= 0.6 is 0 Å². The Morgan fingerprint density at radius 1 is 1.50 bits per heavy atom. The van der Waals surface area contributed by atoms with Crippen molar-refractivity contribution in [2.75, 3.05) is 13.7 Å². The first-order valence-corrected chi connectivity index (χ1v) is 6.50. The molecule has 0 bridgehead atoms. The first-order valence-electron chi connectivity index (χ1n) is 6.50. The summed E-state index contributed by atoms with van der Waals surface area (Å²) in [5, 5.41) is 3.26. The smallest absolute Gasteiger partial charge is 0.165 e. The fourth-order valence-electron chi connectivity index (χ4n) is 2.64. The summed E-state index contributed by atoms with van der Waals surface area (Å²) < 4.78 is 19.0. The molecule has 0 aliphatic heterocycles. The van der Waals surface area contributed by atoms with Gasteiger partial charge in [0.25, 0.3) is 0 Å². The van der Waals surface area contributed by atoms with Gasteiger partial charge in [0.1, 0.15) is 0 Å². The quantitative estimate of drug-likeness (QED) is 0.844. The first kappa shape index (κ1) is 13.3. The lowest BCUT2D eigenvalue weighted by atomic mass is 9.74. The van der Waals surface area contributed by atoms with Crippen LogP contribution in [0.4, 0.5) is 4.39 Å². The van der Waals surface area contributed by atoms with Crippen LogP contribution in [0.1, 0.15) is 31.4 Å². The van der Waals surface area contributed by atoms with E-state index in [1.807, 2.05) is 20.0 Å². The van der Waals surface area contributed by atoms with Gasteiger partial charge in [-0.1, -0.05) is 6.07 Å². The summed E-state index contributed by atoms with van der Waals surface area (Å²) >= 11 is 0. The summed E-state index contributed by atoms with van der Waals surface area (Å²) in [7, 11) is 1.91. The van der Waals surface area contributed by atoms with Crippen LogP contribution in [-0.4, -0.2) is 19.7 Å². The zero-order chi connectivity index (χ0) is 13.1. The highest BCUT2D eigenvalue weighted by Gasteiger charge is 2.33. The van der Waals surface area contributed by atoms with Crippen LogP contribution in [0.2, 0.25) is 0 Å². The molecule has 0 heterocycles. The molecule has 1 aromatic carbocycles. The van der Waals surface area contributed by atoms with Gasteiger partial charge in [-0.3, -0.25) is 0 Å². The molecule has 4 heteroatoms. The van der Waals surface area contributed by atoms with Crippen molar-refractivity contribution in [2.24, 2.45) is 11.7 Å². The first-order chi connectivity index (χ1) is 8.65. The minimum absolute atomic E-state index is 0.176. The van der Waals surface area contributed by atoms with Gasteiger partial charge in [0, 0.05) is 12.1 Å². The van der Waals surface area contributed by atoms with E-state index in [1.54, 1.807) is 12.1 Å². The Morgan fingerprint density at radius 2 is 2.22 bits per heavy atom. The minimum Gasteiger partial charge on any atom is -0.491 e. The van der Waals surface area contributed by atoms with Gasteiger partial charge in [-0.05, 0) is 50.4 Å². The summed E-state index contributed by atoms with van der Waals surface area (Å²) in [5.41, 5.74) is 6.78. The number of benzene rings is 1. The molecule has 1 saturated carbocycles. The van der Waals surface area contributed by atoms with E-state index in [2.05, 4.69) is 5.32 Å². The SMILES string of the molecule is CCOc1ccc(C(NC)C2CC(N)C2)cc1F. The van der Waals surface area contributed by atoms with Crippen molar-refractivity contribution in [3.8, 4) is 5.75 Å². The maximum absolute atomic E-state index is 13.8. The fraction of sp³-hybridized carbons (Fsp3) is 0.571. The minimum atomic E-state index is -0.293. The molecular weight excluding hydrogens is 231 g/mol. The van der Waals surface area contributed by atoms with Gasteiger partial charge < -0.3 is 15.8 Å². The molecule has 1 unspecified atom stereocenters. The summed E-state index contributed by atoms with van der Waals surface area (Å²) in [5.74, 6) is 0.530. The number of hydrogen-bond donors (Lipinski definition) is 2. The van der Waals surface area contributed by atoms with Crippen molar-refractivity contribution in [1.82, 2.24) is 5.32 Å². The maximum atomic E-state index is 13.8. The van der Waals surface area contributed by atoms with Crippen molar-refractivity contribution in [3.63, 3.8) is 0 Å². The van der Waals surface area contributed by atoms with Crippen molar-refractivity contribution in [1.29, 1.82) is 0 Å². The van der Waals surface area contributed by atoms with Crippen molar-refractivity contribution < 1.29 is 9.13 Å². The van der Waals surface area contributed by atoms with E-state index < -0.39 is 0 Å². The lowest BCUT2D eigenvalue weighted by Gasteiger charge is -2.38. The van der Waals surface area contributed by atoms with Crippen molar-refractivity contribution in [3.05, 3.63) is 29.6 Å². The molecule has 0 saturated heterocycles. The number of rotatable bonds is 5. The summed E-state index contributed by atoms with van der Waals surface area (Å²) in [6.45, 7) is 2.32. The molecule has 0 aromatic heterocycles. The third-order valence-corrected chi connectivity index (χ3v) is 3.61. The number of nitrogens with one attached hydrogen (secondary N) is 1. The summed E-state index contributed by atoms with van der Waals surface area (Å²) in [6.07, 6.45) is 2.00. The Bertz CT molecular complexity index is 405. The zero-order valence-electron chi connectivity index (χ0n) is 10.9. The molecular formula is C14H21FN2O. The highest BCUT2D eigenvalue weighted by Crippen LogP contribution is 2.37. The van der Waals surface area contributed by atoms with Gasteiger partial charge in [-0.2, -0.15) is 0 Å². The Morgan fingerprint density at radius 3 is 2.72 bits per heavy atom. The Balaban J connectivity index is 2.13. The predicted octanol–water partition coefficient (Wildman–Crippen LogP) is 2.22. The van der Waals surface area contributed by atoms with Crippen LogP contribution < -0.4 is 15.8 Å². The molecule has 1 fully saturated rings. The Labute approximate surface area is 108 Å². The largest absolute Gasteiger partial charge is 0.491 e. The van der Waals surface area contributed by atoms with Crippen LogP contribution in [0.25, 0.3) is 0 Å². The van der Waals surface area contributed by atoms with Gasteiger partial charge >= 0.3 is 0 Å². The topological polar surface area (TPSA) is 47.3 Å². The van der Waals surface area contributed by atoms with E-state index >= 15 is 0 Å².